The van der Waals surface area contributed by atoms with Gasteiger partial charge in [0.15, 0.2) is 0 Å². The highest BCUT2D eigenvalue weighted by Crippen LogP contribution is 2.13. The summed E-state index contributed by atoms with van der Waals surface area (Å²) in [5.74, 6) is 0. The van der Waals surface area contributed by atoms with Crippen molar-refractivity contribution in [1.29, 1.82) is 0 Å². The molecule has 0 amide bonds. The summed E-state index contributed by atoms with van der Waals surface area (Å²) in [6, 6.07) is 0. The van der Waals surface area contributed by atoms with Crippen molar-refractivity contribution >= 4 is 0 Å². The normalized spacial score (nSPS) is 12.2. The van der Waals surface area contributed by atoms with Gasteiger partial charge in [-0.25, -0.2) is 0 Å². The molecule has 70 valence electrons. The second kappa shape index (κ2) is 7.15. The molecule has 1 nitrogen and oxygen atoms in total. The average molecular weight is 168 g/mol. The molecular weight excluding hydrogens is 148 g/mol. The Kier molecular flexibility index (Phi) is 6.84. The second-order valence-corrected chi connectivity index (χ2v) is 3.11. The SMILES string of the molecule is C=C=C(CCC)C(O)CCCC. The molecule has 0 aliphatic rings. The lowest BCUT2D eigenvalue weighted by Crippen LogP contribution is -2.09. The first kappa shape index (κ1) is 11.5. The number of aliphatic hydroxyl groups is 1. The third kappa shape index (κ3) is 4.38. The van der Waals surface area contributed by atoms with E-state index in [0.717, 1.165) is 37.7 Å². The molecular formula is C11H20O. The summed E-state index contributed by atoms with van der Waals surface area (Å²) < 4.78 is 0. The summed E-state index contributed by atoms with van der Waals surface area (Å²) in [6.45, 7) is 7.82. The molecule has 1 heteroatoms. The summed E-state index contributed by atoms with van der Waals surface area (Å²) in [4.78, 5) is 0. The van der Waals surface area contributed by atoms with E-state index in [1.54, 1.807) is 0 Å². The van der Waals surface area contributed by atoms with E-state index in [1.165, 1.54) is 0 Å². The summed E-state index contributed by atoms with van der Waals surface area (Å²) in [5, 5.41) is 9.63. The van der Waals surface area contributed by atoms with Crippen molar-refractivity contribution in [3.05, 3.63) is 17.9 Å². The van der Waals surface area contributed by atoms with Gasteiger partial charge in [-0.15, -0.1) is 5.73 Å². The molecule has 0 spiro atoms. The quantitative estimate of drug-likeness (QED) is 0.604. The van der Waals surface area contributed by atoms with Crippen LogP contribution in [0.4, 0.5) is 0 Å². The van der Waals surface area contributed by atoms with Crippen LogP contribution in [-0.2, 0) is 0 Å². The molecule has 0 rings (SSSR count). The first-order valence-corrected chi connectivity index (χ1v) is 4.83. The summed E-state index contributed by atoms with van der Waals surface area (Å²) in [6.07, 6.45) is 4.75. The minimum Gasteiger partial charge on any atom is -0.388 e. The maximum absolute atomic E-state index is 9.63. The van der Waals surface area contributed by atoms with Crippen LogP contribution in [0.5, 0.6) is 0 Å². The van der Waals surface area contributed by atoms with Crippen LogP contribution in [0.1, 0.15) is 46.0 Å². The van der Waals surface area contributed by atoms with E-state index < -0.39 is 0 Å². The molecule has 0 saturated heterocycles. The highest BCUT2D eigenvalue weighted by molar-refractivity contribution is 5.05. The van der Waals surface area contributed by atoms with Gasteiger partial charge < -0.3 is 5.11 Å². The van der Waals surface area contributed by atoms with Crippen molar-refractivity contribution in [2.24, 2.45) is 0 Å². The Hall–Kier alpha value is -0.520. The molecule has 0 bridgehead atoms. The van der Waals surface area contributed by atoms with E-state index in [-0.39, 0.29) is 6.10 Å². The highest BCUT2D eigenvalue weighted by Gasteiger charge is 2.07. The van der Waals surface area contributed by atoms with E-state index >= 15 is 0 Å². The lowest BCUT2D eigenvalue weighted by atomic mass is 10.0. The van der Waals surface area contributed by atoms with Crippen LogP contribution in [0.25, 0.3) is 0 Å². The maximum atomic E-state index is 9.63. The number of aliphatic hydroxyl groups excluding tert-OH is 1. The predicted octanol–water partition coefficient (Wildman–Crippen LogP) is 3.05. The first-order chi connectivity index (χ1) is 5.76. The van der Waals surface area contributed by atoms with Gasteiger partial charge in [-0.05, 0) is 18.4 Å². The molecule has 0 heterocycles. The maximum Gasteiger partial charge on any atom is 0.0823 e. The van der Waals surface area contributed by atoms with Gasteiger partial charge in [0, 0.05) is 0 Å². The zero-order chi connectivity index (χ0) is 9.40. The van der Waals surface area contributed by atoms with Gasteiger partial charge in [-0.3, -0.25) is 0 Å². The molecule has 1 N–H and O–H groups in total. The van der Waals surface area contributed by atoms with Crippen molar-refractivity contribution < 1.29 is 5.11 Å². The van der Waals surface area contributed by atoms with Crippen LogP contribution in [0.15, 0.2) is 17.9 Å². The Balaban J connectivity index is 3.86. The van der Waals surface area contributed by atoms with Crippen molar-refractivity contribution in [3.63, 3.8) is 0 Å². The molecule has 0 saturated carbocycles. The van der Waals surface area contributed by atoms with Gasteiger partial charge in [-0.2, -0.15) is 0 Å². The van der Waals surface area contributed by atoms with Crippen LogP contribution in [0.3, 0.4) is 0 Å². The summed E-state index contributed by atoms with van der Waals surface area (Å²) in [7, 11) is 0. The fourth-order valence-corrected chi connectivity index (χ4v) is 1.21. The van der Waals surface area contributed by atoms with Gasteiger partial charge in [0.2, 0.25) is 0 Å². The zero-order valence-corrected chi connectivity index (χ0v) is 8.27. The highest BCUT2D eigenvalue weighted by atomic mass is 16.3. The Bertz CT molecular complexity index is 154. The Labute approximate surface area is 75.8 Å². The molecule has 0 aliphatic heterocycles. The fourth-order valence-electron chi connectivity index (χ4n) is 1.21. The van der Waals surface area contributed by atoms with Gasteiger partial charge in [0.1, 0.15) is 0 Å². The minimum atomic E-state index is -0.303. The van der Waals surface area contributed by atoms with E-state index in [0.29, 0.717) is 0 Å². The fraction of sp³-hybridized carbons (Fsp3) is 0.727. The van der Waals surface area contributed by atoms with Crippen molar-refractivity contribution in [2.45, 2.75) is 52.1 Å². The van der Waals surface area contributed by atoms with E-state index in [2.05, 4.69) is 26.2 Å². The largest absolute Gasteiger partial charge is 0.388 e. The molecule has 0 radical (unpaired) electrons. The van der Waals surface area contributed by atoms with Crippen LogP contribution in [-0.4, -0.2) is 11.2 Å². The molecule has 1 unspecified atom stereocenters. The van der Waals surface area contributed by atoms with Gasteiger partial charge in [0.05, 0.1) is 6.10 Å². The van der Waals surface area contributed by atoms with Gasteiger partial charge in [0.25, 0.3) is 0 Å². The average Bonchev–Trinajstić information content (AvgIpc) is 2.10. The Morgan fingerprint density at radius 1 is 1.42 bits per heavy atom. The predicted molar refractivity (Wildman–Crippen MR) is 53.1 cm³/mol. The van der Waals surface area contributed by atoms with Crippen molar-refractivity contribution in [3.8, 4) is 0 Å². The number of hydrogen-bond donors (Lipinski definition) is 1. The van der Waals surface area contributed by atoms with Crippen LogP contribution < -0.4 is 0 Å². The first-order valence-electron chi connectivity index (χ1n) is 4.83. The lowest BCUT2D eigenvalue weighted by Gasteiger charge is -2.11. The molecule has 0 aliphatic carbocycles. The molecule has 0 aromatic rings. The van der Waals surface area contributed by atoms with Crippen LogP contribution in [0.2, 0.25) is 0 Å². The van der Waals surface area contributed by atoms with E-state index in [1.807, 2.05) is 0 Å². The van der Waals surface area contributed by atoms with Crippen molar-refractivity contribution in [2.75, 3.05) is 0 Å². The second-order valence-electron chi connectivity index (χ2n) is 3.11. The zero-order valence-electron chi connectivity index (χ0n) is 8.27. The molecule has 0 fully saturated rings. The molecule has 0 aromatic carbocycles. The lowest BCUT2D eigenvalue weighted by molar-refractivity contribution is 0.193. The Morgan fingerprint density at radius 3 is 2.50 bits per heavy atom. The van der Waals surface area contributed by atoms with Crippen molar-refractivity contribution in [1.82, 2.24) is 0 Å². The van der Waals surface area contributed by atoms with Gasteiger partial charge in [-0.1, -0.05) is 39.7 Å². The third-order valence-electron chi connectivity index (χ3n) is 1.98. The third-order valence-corrected chi connectivity index (χ3v) is 1.98. The standard InChI is InChI=1S/C11H20O/c1-4-7-9-11(12)10(6-3)8-5-2/h11-12H,3-5,7-9H2,1-2H3. The Morgan fingerprint density at radius 2 is 2.08 bits per heavy atom. The molecule has 1 atom stereocenters. The summed E-state index contributed by atoms with van der Waals surface area (Å²) >= 11 is 0. The molecule has 0 aromatic heterocycles. The number of rotatable bonds is 6. The number of unbranched alkanes of at least 4 members (excludes halogenated alkanes) is 1. The van der Waals surface area contributed by atoms with Crippen LogP contribution in [0, 0.1) is 0 Å². The topological polar surface area (TPSA) is 20.2 Å². The smallest absolute Gasteiger partial charge is 0.0823 e. The molecule has 12 heavy (non-hydrogen) atoms. The minimum absolute atomic E-state index is 0.303. The van der Waals surface area contributed by atoms with E-state index in [9.17, 15) is 5.11 Å². The van der Waals surface area contributed by atoms with E-state index in [4.69, 9.17) is 0 Å². The summed E-state index contributed by atoms with van der Waals surface area (Å²) in [5.41, 5.74) is 3.81. The number of hydrogen-bond acceptors (Lipinski definition) is 1. The van der Waals surface area contributed by atoms with Crippen LogP contribution >= 0.6 is 0 Å². The van der Waals surface area contributed by atoms with Gasteiger partial charge >= 0.3 is 0 Å². The monoisotopic (exact) mass is 168 g/mol.